The van der Waals surface area contributed by atoms with Gasteiger partial charge in [-0.05, 0) is 60.4 Å². The fourth-order valence-corrected chi connectivity index (χ4v) is 8.66. The molecule has 55 heavy (non-hydrogen) atoms. The molecule has 2 aromatic heterocycles. The van der Waals surface area contributed by atoms with Gasteiger partial charge in [0.1, 0.15) is 0 Å². The number of nitrogens with zero attached hydrogens (tertiary/aromatic N) is 5. The first-order valence-corrected chi connectivity index (χ1v) is 19.8. The van der Waals surface area contributed by atoms with Crippen molar-refractivity contribution in [2.75, 3.05) is 52.9 Å². The molecular weight excluding hydrogens is 719 g/mol. The summed E-state index contributed by atoms with van der Waals surface area (Å²) in [6.07, 6.45) is 5.77. The molecule has 0 radical (unpaired) electrons. The minimum atomic E-state index is -3.79. The molecule has 284 valence electrons. The first kappa shape index (κ1) is 37.5. The largest absolute Gasteiger partial charge is 0.361 e. The number of piperazine rings is 1. The molecular formula is C41H43N7O6S. The van der Waals surface area contributed by atoms with Crippen LogP contribution in [0.5, 0.6) is 0 Å². The van der Waals surface area contributed by atoms with Gasteiger partial charge in [0.05, 0.1) is 20.9 Å². The zero-order chi connectivity index (χ0) is 38.5. The van der Waals surface area contributed by atoms with Gasteiger partial charge in [-0.3, -0.25) is 24.6 Å². The van der Waals surface area contributed by atoms with Crippen LogP contribution in [0.15, 0.2) is 114 Å². The van der Waals surface area contributed by atoms with Crippen molar-refractivity contribution in [3.63, 3.8) is 0 Å². The Labute approximate surface area is 319 Å². The summed E-state index contributed by atoms with van der Waals surface area (Å²) in [5, 5.41) is 16.4. The summed E-state index contributed by atoms with van der Waals surface area (Å²) < 4.78 is 29.9. The molecule has 1 aliphatic rings. The highest BCUT2D eigenvalue weighted by Gasteiger charge is 2.29. The summed E-state index contributed by atoms with van der Waals surface area (Å²) in [6.45, 7) is 3.58. The zero-order valence-electron chi connectivity index (χ0n) is 30.6. The van der Waals surface area contributed by atoms with Gasteiger partial charge in [0.2, 0.25) is 10.0 Å². The SMILES string of the molecule is CN(CCN1CCN(S(=O)(=O)c2ccc([N+](=O)[O-])cc2)CC1)C(=O)c1ccccc1C(=O)NCCc1cn(CCc2c[nH]c3ccccc23)c2ccccc12. The van der Waals surface area contributed by atoms with Gasteiger partial charge in [-0.1, -0.05) is 48.5 Å². The molecule has 13 nitrogen and oxygen atoms in total. The Morgan fingerprint density at radius 2 is 1.49 bits per heavy atom. The van der Waals surface area contributed by atoms with Crippen LogP contribution < -0.4 is 5.32 Å². The highest BCUT2D eigenvalue weighted by Crippen LogP contribution is 2.25. The predicted octanol–water partition coefficient (Wildman–Crippen LogP) is 5.32. The number of likely N-dealkylation sites (N-methyl/N-ethyl adjacent to an activating group) is 1. The maximum atomic E-state index is 13.6. The lowest BCUT2D eigenvalue weighted by Crippen LogP contribution is -2.50. The number of nitro benzene ring substituents is 1. The van der Waals surface area contributed by atoms with E-state index in [-0.39, 0.29) is 35.5 Å². The van der Waals surface area contributed by atoms with Crippen LogP contribution in [0.4, 0.5) is 5.69 Å². The number of aromatic nitrogens is 2. The van der Waals surface area contributed by atoms with Crippen LogP contribution in [0.2, 0.25) is 0 Å². The number of nitro groups is 1. The van der Waals surface area contributed by atoms with E-state index in [2.05, 4.69) is 62.5 Å². The second kappa shape index (κ2) is 16.3. The van der Waals surface area contributed by atoms with Gasteiger partial charge in [0.25, 0.3) is 17.5 Å². The number of benzene rings is 4. The highest BCUT2D eigenvalue weighted by molar-refractivity contribution is 7.89. The average molecular weight is 762 g/mol. The molecule has 0 spiro atoms. The van der Waals surface area contributed by atoms with Crippen molar-refractivity contribution >= 4 is 49.3 Å². The van der Waals surface area contributed by atoms with Crippen LogP contribution in [-0.4, -0.2) is 102 Å². The van der Waals surface area contributed by atoms with Crippen LogP contribution in [0.3, 0.4) is 0 Å². The number of nitrogens with one attached hydrogen (secondary N) is 2. The maximum absolute atomic E-state index is 13.6. The molecule has 0 unspecified atom stereocenters. The smallest absolute Gasteiger partial charge is 0.269 e. The fraction of sp³-hybridized carbons (Fsp3) is 0.268. The number of carbonyl (C=O) groups is 2. The Kier molecular flexibility index (Phi) is 11.1. The summed E-state index contributed by atoms with van der Waals surface area (Å²) in [7, 11) is -2.09. The normalized spacial score (nSPS) is 14.0. The number of H-pyrrole nitrogens is 1. The number of para-hydroxylation sites is 2. The molecule has 3 heterocycles. The standard InChI is InChI=1S/C41H43N7O6S/c1-44(22-23-45-24-26-47(27-25-45)55(53,54)33-16-14-32(15-17-33)48(51)52)41(50)37-11-3-2-10-36(37)40(49)42-20-18-31-29-46(39-13-7-5-9-35(31)39)21-19-30-28-43-38-12-6-4-8-34(30)38/h2-17,28-29,43H,18-27H2,1H3,(H,42,49). The van der Waals surface area contributed by atoms with E-state index in [4.69, 9.17) is 0 Å². The van der Waals surface area contributed by atoms with E-state index >= 15 is 0 Å². The second-order valence-corrected chi connectivity index (χ2v) is 15.7. The molecule has 6 aromatic rings. The van der Waals surface area contributed by atoms with Gasteiger partial charge in [0, 0.05) is 106 Å². The molecule has 0 bridgehead atoms. The van der Waals surface area contributed by atoms with Crippen LogP contribution in [0.1, 0.15) is 31.8 Å². The predicted molar refractivity (Wildman–Crippen MR) is 212 cm³/mol. The summed E-state index contributed by atoms with van der Waals surface area (Å²) in [4.78, 5) is 44.5. The van der Waals surface area contributed by atoms with Gasteiger partial charge in [-0.25, -0.2) is 8.42 Å². The number of carbonyl (C=O) groups excluding carboxylic acids is 2. The molecule has 4 aromatic carbocycles. The van der Waals surface area contributed by atoms with E-state index < -0.39 is 14.9 Å². The third-order valence-corrected chi connectivity index (χ3v) is 12.3. The number of aromatic amines is 1. The monoisotopic (exact) mass is 761 g/mol. The lowest BCUT2D eigenvalue weighted by molar-refractivity contribution is -0.384. The van der Waals surface area contributed by atoms with E-state index in [1.807, 2.05) is 18.2 Å². The minimum absolute atomic E-state index is 0.0142. The highest BCUT2D eigenvalue weighted by atomic mass is 32.2. The van der Waals surface area contributed by atoms with Crippen LogP contribution in [0.25, 0.3) is 21.8 Å². The van der Waals surface area contributed by atoms with E-state index in [0.29, 0.717) is 50.3 Å². The number of amides is 2. The zero-order valence-corrected chi connectivity index (χ0v) is 31.4. The summed E-state index contributed by atoms with van der Waals surface area (Å²) in [5.41, 5.74) is 5.15. The van der Waals surface area contributed by atoms with Gasteiger partial charge in [-0.2, -0.15) is 4.31 Å². The van der Waals surface area contributed by atoms with Crippen LogP contribution in [0, 0.1) is 10.1 Å². The number of non-ortho nitro benzene ring substituents is 1. The number of fused-ring (bicyclic) bond motifs is 2. The molecule has 7 rings (SSSR count). The van der Waals surface area contributed by atoms with Gasteiger partial charge in [-0.15, -0.1) is 0 Å². The number of aryl methyl sites for hydroxylation is 2. The first-order chi connectivity index (χ1) is 26.6. The van der Waals surface area contributed by atoms with Crippen molar-refractivity contribution in [1.29, 1.82) is 0 Å². The van der Waals surface area contributed by atoms with Crippen molar-refractivity contribution in [2.24, 2.45) is 0 Å². The number of hydrogen-bond donors (Lipinski definition) is 2. The molecule has 0 atom stereocenters. The van der Waals surface area contributed by atoms with Gasteiger partial charge < -0.3 is 19.8 Å². The van der Waals surface area contributed by atoms with Gasteiger partial charge >= 0.3 is 0 Å². The van der Waals surface area contributed by atoms with E-state index in [0.717, 1.165) is 34.9 Å². The Morgan fingerprint density at radius 3 is 2.24 bits per heavy atom. The molecule has 1 aliphatic heterocycles. The van der Waals surface area contributed by atoms with E-state index in [9.17, 15) is 28.1 Å². The second-order valence-electron chi connectivity index (χ2n) is 13.7. The molecule has 14 heteroatoms. The van der Waals surface area contributed by atoms with Crippen molar-refractivity contribution in [3.05, 3.63) is 142 Å². The Hall–Kier alpha value is -5.83. The fourth-order valence-electron chi connectivity index (χ4n) is 7.24. The van der Waals surface area contributed by atoms with Crippen molar-refractivity contribution in [1.82, 2.24) is 29.0 Å². The molecule has 1 fully saturated rings. The summed E-state index contributed by atoms with van der Waals surface area (Å²) in [6, 6.07) is 28.3. The molecule has 0 aliphatic carbocycles. The molecule has 1 saturated heterocycles. The number of sulfonamides is 1. The average Bonchev–Trinajstić information content (AvgIpc) is 3.79. The van der Waals surface area contributed by atoms with Crippen molar-refractivity contribution in [2.45, 2.75) is 24.3 Å². The van der Waals surface area contributed by atoms with Crippen LogP contribution >= 0.6 is 0 Å². The van der Waals surface area contributed by atoms with Crippen molar-refractivity contribution in [3.8, 4) is 0 Å². The Balaban J connectivity index is 0.914. The summed E-state index contributed by atoms with van der Waals surface area (Å²) >= 11 is 0. The molecule has 2 N–H and O–H groups in total. The maximum Gasteiger partial charge on any atom is 0.269 e. The quantitative estimate of drug-likeness (QED) is 0.113. The number of rotatable bonds is 14. The number of hydrogen-bond acceptors (Lipinski definition) is 7. The molecule has 2 amide bonds. The van der Waals surface area contributed by atoms with Crippen molar-refractivity contribution < 1.29 is 22.9 Å². The topological polar surface area (TPSA) is 154 Å². The third-order valence-electron chi connectivity index (χ3n) is 10.4. The molecule has 0 saturated carbocycles. The third kappa shape index (κ3) is 8.16. The van der Waals surface area contributed by atoms with Gasteiger partial charge in [0.15, 0.2) is 0 Å². The van der Waals surface area contributed by atoms with Crippen LogP contribution in [-0.2, 0) is 29.4 Å². The lowest BCUT2D eigenvalue weighted by Gasteiger charge is -2.34. The van der Waals surface area contributed by atoms with E-state index in [1.54, 1.807) is 36.2 Å². The Morgan fingerprint density at radius 1 is 0.818 bits per heavy atom. The summed E-state index contributed by atoms with van der Waals surface area (Å²) in [5.74, 6) is -0.589. The minimum Gasteiger partial charge on any atom is -0.361 e. The van der Waals surface area contributed by atoms with E-state index in [1.165, 1.54) is 39.5 Å². The Bertz CT molecular complexity index is 2450. The lowest BCUT2D eigenvalue weighted by atomic mass is 10.1. The first-order valence-electron chi connectivity index (χ1n) is 18.3.